The van der Waals surface area contributed by atoms with Gasteiger partial charge in [-0.3, -0.25) is 4.79 Å². The van der Waals surface area contributed by atoms with Crippen LogP contribution in [0.2, 0.25) is 0 Å². The van der Waals surface area contributed by atoms with Gasteiger partial charge in [-0.2, -0.15) is 0 Å². The molecule has 5 nitrogen and oxygen atoms in total. The molecule has 0 N–H and O–H groups in total. The molecule has 0 aliphatic rings. The average molecular weight is 293 g/mol. The molecule has 1 heterocycles. The van der Waals surface area contributed by atoms with Crippen molar-refractivity contribution in [3.63, 3.8) is 0 Å². The summed E-state index contributed by atoms with van der Waals surface area (Å²) in [5, 5.41) is 0.530. The molecule has 0 bridgehead atoms. The first-order chi connectivity index (χ1) is 10.1. The molecule has 1 aromatic heterocycles. The van der Waals surface area contributed by atoms with E-state index in [0.29, 0.717) is 10.9 Å². The van der Waals surface area contributed by atoms with Gasteiger partial charge in [0.2, 0.25) is 0 Å². The van der Waals surface area contributed by atoms with Gasteiger partial charge in [0, 0.05) is 10.9 Å². The number of esters is 2. The van der Waals surface area contributed by atoms with E-state index in [1.165, 1.54) is 28.8 Å². The Morgan fingerprint density at radius 2 is 1.86 bits per heavy atom. The van der Waals surface area contributed by atoms with Crippen LogP contribution in [0.1, 0.15) is 24.3 Å². The second-order valence-corrected chi connectivity index (χ2v) is 4.34. The summed E-state index contributed by atoms with van der Waals surface area (Å²) in [5.41, 5.74) is 0.776. The van der Waals surface area contributed by atoms with Gasteiger partial charge in [0.1, 0.15) is 18.1 Å². The molecule has 2 aromatic rings. The monoisotopic (exact) mass is 293 g/mol. The number of aromatic nitrogens is 1. The molecule has 0 saturated carbocycles. The molecular weight excluding hydrogens is 277 g/mol. The Balaban J connectivity index is 2.49. The third kappa shape index (κ3) is 3.21. The van der Waals surface area contributed by atoms with E-state index in [1.54, 1.807) is 13.8 Å². The number of nitrogens with zero attached hydrogens (tertiary/aromatic N) is 1. The fourth-order valence-electron chi connectivity index (χ4n) is 2.12. The number of carbonyl (C=O) groups excluding carboxylic acids is 2. The Labute approximate surface area is 121 Å². The van der Waals surface area contributed by atoms with Crippen LogP contribution in [-0.4, -0.2) is 29.7 Å². The van der Waals surface area contributed by atoms with Crippen LogP contribution < -0.4 is 0 Å². The topological polar surface area (TPSA) is 57.5 Å². The van der Waals surface area contributed by atoms with Crippen LogP contribution in [0.3, 0.4) is 0 Å². The molecular formula is C15H16FNO4. The third-order valence-electron chi connectivity index (χ3n) is 2.94. The van der Waals surface area contributed by atoms with Crippen molar-refractivity contribution in [2.45, 2.75) is 20.4 Å². The number of hydrogen-bond donors (Lipinski definition) is 0. The summed E-state index contributed by atoms with van der Waals surface area (Å²) in [5.74, 6) is -1.44. The number of halogens is 1. The first-order valence-corrected chi connectivity index (χ1v) is 6.68. The fraction of sp³-hybridized carbons (Fsp3) is 0.333. The van der Waals surface area contributed by atoms with Crippen molar-refractivity contribution >= 4 is 22.8 Å². The van der Waals surface area contributed by atoms with Gasteiger partial charge in [0.25, 0.3) is 0 Å². The van der Waals surface area contributed by atoms with E-state index >= 15 is 0 Å². The summed E-state index contributed by atoms with van der Waals surface area (Å²) in [7, 11) is 0. The van der Waals surface area contributed by atoms with Crippen molar-refractivity contribution in [1.82, 2.24) is 4.57 Å². The molecule has 0 aliphatic carbocycles. The van der Waals surface area contributed by atoms with Gasteiger partial charge < -0.3 is 14.0 Å². The molecule has 0 atom stereocenters. The van der Waals surface area contributed by atoms with Gasteiger partial charge in [-0.15, -0.1) is 0 Å². The van der Waals surface area contributed by atoms with E-state index < -0.39 is 17.8 Å². The molecule has 0 fully saturated rings. The lowest BCUT2D eigenvalue weighted by Crippen LogP contribution is -2.18. The van der Waals surface area contributed by atoms with Crippen LogP contribution in [0.25, 0.3) is 10.9 Å². The molecule has 0 unspecified atom stereocenters. The molecule has 21 heavy (non-hydrogen) atoms. The molecule has 0 radical (unpaired) electrons. The summed E-state index contributed by atoms with van der Waals surface area (Å²) < 4.78 is 24.6. The van der Waals surface area contributed by atoms with Gasteiger partial charge in [-0.05, 0) is 38.1 Å². The Morgan fingerprint density at radius 3 is 2.52 bits per heavy atom. The van der Waals surface area contributed by atoms with E-state index in [-0.39, 0.29) is 25.5 Å². The molecule has 6 heteroatoms. The van der Waals surface area contributed by atoms with Crippen molar-refractivity contribution in [3.8, 4) is 0 Å². The maximum absolute atomic E-state index is 13.3. The standard InChI is InChI=1S/C15H16FNO4/c1-3-20-14(18)9-17-12-6-5-11(16)7-10(12)8-13(17)15(19)21-4-2/h5-8H,3-4,9H2,1-2H3. The van der Waals surface area contributed by atoms with Crippen molar-refractivity contribution in [3.05, 3.63) is 35.8 Å². The zero-order valence-corrected chi connectivity index (χ0v) is 11.9. The van der Waals surface area contributed by atoms with Crippen LogP contribution in [0.5, 0.6) is 0 Å². The van der Waals surface area contributed by atoms with Crippen LogP contribution in [-0.2, 0) is 20.8 Å². The van der Waals surface area contributed by atoms with Crippen LogP contribution in [0, 0.1) is 5.82 Å². The highest BCUT2D eigenvalue weighted by Gasteiger charge is 2.19. The van der Waals surface area contributed by atoms with Crippen molar-refractivity contribution in [2.75, 3.05) is 13.2 Å². The van der Waals surface area contributed by atoms with E-state index in [1.807, 2.05) is 0 Å². The number of benzene rings is 1. The zero-order chi connectivity index (χ0) is 15.4. The lowest BCUT2D eigenvalue weighted by molar-refractivity contribution is -0.143. The van der Waals surface area contributed by atoms with E-state index in [4.69, 9.17) is 9.47 Å². The Bertz CT molecular complexity index is 678. The molecule has 0 amide bonds. The van der Waals surface area contributed by atoms with Crippen molar-refractivity contribution < 1.29 is 23.5 Å². The van der Waals surface area contributed by atoms with E-state index in [2.05, 4.69) is 0 Å². The Morgan fingerprint density at radius 1 is 1.14 bits per heavy atom. The zero-order valence-electron chi connectivity index (χ0n) is 11.9. The predicted molar refractivity (Wildman–Crippen MR) is 74.5 cm³/mol. The minimum atomic E-state index is -0.557. The fourth-order valence-corrected chi connectivity index (χ4v) is 2.12. The Hall–Kier alpha value is -2.37. The lowest BCUT2D eigenvalue weighted by Gasteiger charge is -2.09. The van der Waals surface area contributed by atoms with Gasteiger partial charge >= 0.3 is 11.9 Å². The Kier molecular flexibility index (Phi) is 4.57. The first kappa shape index (κ1) is 15.0. The van der Waals surface area contributed by atoms with Crippen LogP contribution in [0.15, 0.2) is 24.3 Å². The molecule has 112 valence electrons. The van der Waals surface area contributed by atoms with Gasteiger partial charge in [-0.1, -0.05) is 0 Å². The second kappa shape index (κ2) is 6.39. The summed E-state index contributed by atoms with van der Waals surface area (Å²) in [6.07, 6.45) is 0. The number of fused-ring (bicyclic) bond motifs is 1. The highest BCUT2D eigenvalue weighted by molar-refractivity contribution is 5.96. The molecule has 2 rings (SSSR count). The normalized spacial score (nSPS) is 10.6. The molecule has 0 aliphatic heterocycles. The van der Waals surface area contributed by atoms with Crippen molar-refractivity contribution in [1.29, 1.82) is 0 Å². The predicted octanol–water partition coefficient (Wildman–Crippen LogP) is 2.52. The maximum Gasteiger partial charge on any atom is 0.354 e. The lowest BCUT2D eigenvalue weighted by atomic mass is 10.2. The quantitative estimate of drug-likeness (QED) is 0.795. The summed E-state index contributed by atoms with van der Waals surface area (Å²) >= 11 is 0. The molecule has 0 spiro atoms. The number of rotatable bonds is 5. The van der Waals surface area contributed by atoms with Gasteiger partial charge in [-0.25, -0.2) is 9.18 Å². The second-order valence-electron chi connectivity index (χ2n) is 4.34. The van der Waals surface area contributed by atoms with Gasteiger partial charge in [0.15, 0.2) is 0 Å². The number of hydrogen-bond acceptors (Lipinski definition) is 4. The molecule has 1 aromatic carbocycles. The van der Waals surface area contributed by atoms with E-state index in [9.17, 15) is 14.0 Å². The summed E-state index contributed by atoms with van der Waals surface area (Å²) in [6, 6.07) is 5.61. The highest BCUT2D eigenvalue weighted by atomic mass is 19.1. The average Bonchev–Trinajstić information content (AvgIpc) is 2.77. The van der Waals surface area contributed by atoms with Crippen molar-refractivity contribution in [2.24, 2.45) is 0 Å². The van der Waals surface area contributed by atoms with Gasteiger partial charge in [0.05, 0.1) is 13.2 Å². The number of ether oxygens (including phenoxy) is 2. The van der Waals surface area contributed by atoms with Crippen LogP contribution in [0.4, 0.5) is 4.39 Å². The third-order valence-corrected chi connectivity index (χ3v) is 2.94. The molecule has 0 saturated heterocycles. The largest absolute Gasteiger partial charge is 0.465 e. The van der Waals surface area contributed by atoms with E-state index in [0.717, 1.165) is 0 Å². The van der Waals surface area contributed by atoms with Crippen LogP contribution >= 0.6 is 0 Å². The SMILES string of the molecule is CCOC(=O)Cn1c(C(=O)OCC)cc2cc(F)ccc21. The number of carbonyl (C=O) groups is 2. The summed E-state index contributed by atoms with van der Waals surface area (Å²) in [4.78, 5) is 23.7. The minimum Gasteiger partial charge on any atom is -0.465 e. The highest BCUT2D eigenvalue weighted by Crippen LogP contribution is 2.22. The summed E-state index contributed by atoms with van der Waals surface area (Å²) in [6.45, 7) is 3.73. The smallest absolute Gasteiger partial charge is 0.354 e. The first-order valence-electron chi connectivity index (χ1n) is 6.68. The maximum atomic E-state index is 13.3. The minimum absolute atomic E-state index is 0.128.